The molecule has 0 bridgehead atoms. The zero-order chi connectivity index (χ0) is 13.3. The summed E-state index contributed by atoms with van der Waals surface area (Å²) in [6.07, 6.45) is 1.37. The molecule has 1 aromatic heterocycles. The Morgan fingerprint density at radius 2 is 2.06 bits per heavy atom. The van der Waals surface area contributed by atoms with Crippen molar-refractivity contribution < 1.29 is 19.1 Å². The van der Waals surface area contributed by atoms with E-state index in [2.05, 4.69) is 5.10 Å². The first-order valence-electron chi connectivity index (χ1n) is 4.87. The van der Waals surface area contributed by atoms with E-state index < -0.39 is 17.7 Å². The van der Waals surface area contributed by atoms with E-state index in [0.717, 1.165) is 16.8 Å². The van der Waals surface area contributed by atoms with E-state index in [1.807, 2.05) is 0 Å². The lowest BCUT2D eigenvalue weighted by atomic mass is 10.2. The number of aromatic carboxylic acids is 1. The third-order valence-electron chi connectivity index (χ3n) is 2.28. The van der Waals surface area contributed by atoms with E-state index >= 15 is 0 Å². The van der Waals surface area contributed by atoms with Gasteiger partial charge in [-0.25, -0.2) is 13.9 Å². The Bertz CT molecular complexity index is 636. The SMILES string of the molecule is NC(=O)c1ccn(-c2ccc(F)cc2C(=O)O)n1. The number of hydrogen-bond acceptors (Lipinski definition) is 3. The Morgan fingerprint density at radius 3 is 2.61 bits per heavy atom. The number of nitrogens with zero attached hydrogens (tertiary/aromatic N) is 2. The second kappa shape index (κ2) is 4.28. The summed E-state index contributed by atoms with van der Waals surface area (Å²) in [4.78, 5) is 21.9. The Hall–Kier alpha value is -2.70. The zero-order valence-corrected chi connectivity index (χ0v) is 9.00. The third-order valence-corrected chi connectivity index (χ3v) is 2.28. The Balaban J connectivity index is 2.55. The van der Waals surface area contributed by atoms with Crippen molar-refractivity contribution >= 4 is 11.9 Å². The molecule has 0 unspecified atom stereocenters. The maximum absolute atomic E-state index is 13.0. The number of rotatable bonds is 3. The summed E-state index contributed by atoms with van der Waals surface area (Å²) in [5, 5.41) is 12.8. The predicted molar refractivity (Wildman–Crippen MR) is 59.0 cm³/mol. The molecule has 0 saturated carbocycles. The molecule has 0 aliphatic rings. The largest absolute Gasteiger partial charge is 0.478 e. The molecule has 92 valence electrons. The van der Waals surface area contributed by atoms with Crippen molar-refractivity contribution in [3.63, 3.8) is 0 Å². The van der Waals surface area contributed by atoms with Gasteiger partial charge in [0.1, 0.15) is 11.5 Å². The van der Waals surface area contributed by atoms with E-state index in [4.69, 9.17) is 10.8 Å². The van der Waals surface area contributed by atoms with Crippen LogP contribution in [0.2, 0.25) is 0 Å². The quantitative estimate of drug-likeness (QED) is 0.840. The minimum Gasteiger partial charge on any atom is -0.478 e. The van der Waals surface area contributed by atoms with Crippen molar-refractivity contribution in [2.24, 2.45) is 5.73 Å². The summed E-state index contributed by atoms with van der Waals surface area (Å²) in [6, 6.07) is 4.59. The van der Waals surface area contributed by atoms with Crippen LogP contribution in [0.5, 0.6) is 0 Å². The fraction of sp³-hybridized carbons (Fsp3) is 0. The van der Waals surface area contributed by atoms with Crippen LogP contribution in [0.3, 0.4) is 0 Å². The van der Waals surface area contributed by atoms with Crippen LogP contribution < -0.4 is 5.73 Å². The topological polar surface area (TPSA) is 98.2 Å². The number of benzene rings is 1. The van der Waals surface area contributed by atoms with Gasteiger partial charge < -0.3 is 10.8 Å². The van der Waals surface area contributed by atoms with Crippen molar-refractivity contribution in [1.82, 2.24) is 9.78 Å². The number of nitrogens with two attached hydrogens (primary N) is 1. The molecule has 0 aliphatic carbocycles. The molecule has 0 aliphatic heterocycles. The van der Waals surface area contributed by atoms with Gasteiger partial charge in [0.25, 0.3) is 5.91 Å². The first-order valence-corrected chi connectivity index (χ1v) is 4.87. The molecule has 0 fully saturated rings. The molecule has 2 aromatic rings. The fourth-order valence-corrected chi connectivity index (χ4v) is 1.47. The minimum atomic E-state index is -1.29. The van der Waals surface area contributed by atoms with Crippen molar-refractivity contribution in [3.05, 3.63) is 47.5 Å². The van der Waals surface area contributed by atoms with Crippen LogP contribution in [-0.4, -0.2) is 26.8 Å². The highest BCUT2D eigenvalue weighted by molar-refractivity contribution is 5.92. The highest BCUT2D eigenvalue weighted by Gasteiger charge is 2.14. The number of primary amides is 1. The van der Waals surface area contributed by atoms with Crippen LogP contribution in [0, 0.1) is 5.82 Å². The monoisotopic (exact) mass is 249 g/mol. The van der Waals surface area contributed by atoms with E-state index in [1.54, 1.807) is 0 Å². The fourth-order valence-electron chi connectivity index (χ4n) is 1.47. The van der Waals surface area contributed by atoms with E-state index in [1.165, 1.54) is 18.3 Å². The molecular formula is C11H8FN3O3. The van der Waals surface area contributed by atoms with Crippen LogP contribution >= 0.6 is 0 Å². The molecule has 0 spiro atoms. The highest BCUT2D eigenvalue weighted by atomic mass is 19.1. The molecule has 0 atom stereocenters. The Labute approximate surface area is 100 Å². The smallest absolute Gasteiger partial charge is 0.338 e. The van der Waals surface area contributed by atoms with Gasteiger partial charge in [0, 0.05) is 6.20 Å². The van der Waals surface area contributed by atoms with Gasteiger partial charge in [0.05, 0.1) is 11.3 Å². The first kappa shape index (κ1) is 11.8. The molecule has 2 rings (SSSR count). The van der Waals surface area contributed by atoms with Gasteiger partial charge in [-0.05, 0) is 24.3 Å². The summed E-state index contributed by atoms with van der Waals surface area (Å²) < 4.78 is 14.1. The van der Waals surface area contributed by atoms with E-state index in [-0.39, 0.29) is 16.9 Å². The van der Waals surface area contributed by atoms with Crippen LogP contribution in [0.15, 0.2) is 30.5 Å². The predicted octanol–water partition coefficient (Wildman–Crippen LogP) is 0.808. The van der Waals surface area contributed by atoms with Gasteiger partial charge in [-0.3, -0.25) is 4.79 Å². The number of amides is 1. The molecule has 1 heterocycles. The molecule has 0 saturated heterocycles. The highest BCUT2D eigenvalue weighted by Crippen LogP contribution is 2.16. The maximum Gasteiger partial charge on any atom is 0.338 e. The summed E-state index contributed by atoms with van der Waals surface area (Å²) in [6.45, 7) is 0. The number of carboxylic acid groups (broad SMARTS) is 1. The van der Waals surface area contributed by atoms with Gasteiger partial charge in [-0.1, -0.05) is 0 Å². The lowest BCUT2D eigenvalue weighted by Crippen LogP contribution is -2.13. The van der Waals surface area contributed by atoms with Crippen molar-refractivity contribution in [3.8, 4) is 5.69 Å². The summed E-state index contributed by atoms with van der Waals surface area (Å²) in [5.41, 5.74) is 4.93. The Kier molecular flexibility index (Phi) is 2.80. The molecule has 18 heavy (non-hydrogen) atoms. The molecule has 1 amide bonds. The molecule has 0 radical (unpaired) electrons. The molecule has 7 heteroatoms. The number of aromatic nitrogens is 2. The lowest BCUT2D eigenvalue weighted by Gasteiger charge is -2.05. The van der Waals surface area contributed by atoms with Crippen molar-refractivity contribution in [2.75, 3.05) is 0 Å². The van der Waals surface area contributed by atoms with Gasteiger partial charge in [0.15, 0.2) is 0 Å². The molecule has 1 aromatic carbocycles. The molecular weight excluding hydrogens is 241 g/mol. The number of carbonyl (C=O) groups excluding carboxylic acids is 1. The number of halogens is 1. The van der Waals surface area contributed by atoms with Crippen molar-refractivity contribution in [2.45, 2.75) is 0 Å². The van der Waals surface area contributed by atoms with Gasteiger partial charge in [-0.15, -0.1) is 0 Å². The Morgan fingerprint density at radius 1 is 1.33 bits per heavy atom. The van der Waals surface area contributed by atoms with Gasteiger partial charge >= 0.3 is 5.97 Å². The number of hydrogen-bond donors (Lipinski definition) is 2. The number of carbonyl (C=O) groups is 2. The summed E-state index contributed by atoms with van der Waals surface area (Å²) in [7, 11) is 0. The average molecular weight is 249 g/mol. The third kappa shape index (κ3) is 2.05. The second-order valence-electron chi connectivity index (χ2n) is 3.48. The van der Waals surface area contributed by atoms with Crippen molar-refractivity contribution in [1.29, 1.82) is 0 Å². The standard InChI is InChI=1S/C11H8FN3O3/c12-6-1-2-9(7(5-6)11(17)18)15-4-3-8(14-15)10(13)16/h1-5H,(H2,13,16)(H,17,18). The van der Waals surface area contributed by atoms with Crippen LogP contribution in [0.25, 0.3) is 5.69 Å². The maximum atomic E-state index is 13.0. The van der Waals surface area contributed by atoms with Gasteiger partial charge in [0.2, 0.25) is 0 Å². The first-order chi connectivity index (χ1) is 8.49. The van der Waals surface area contributed by atoms with Crippen LogP contribution in [0.1, 0.15) is 20.8 Å². The summed E-state index contributed by atoms with van der Waals surface area (Å²) in [5.74, 6) is -2.69. The van der Waals surface area contributed by atoms with E-state index in [0.29, 0.717) is 0 Å². The average Bonchev–Trinajstić information content (AvgIpc) is 2.78. The molecule has 3 N–H and O–H groups in total. The molecule has 6 nitrogen and oxygen atoms in total. The second-order valence-corrected chi connectivity index (χ2v) is 3.48. The zero-order valence-electron chi connectivity index (χ0n) is 9.00. The normalized spacial score (nSPS) is 10.3. The summed E-state index contributed by atoms with van der Waals surface area (Å²) >= 11 is 0. The van der Waals surface area contributed by atoms with Crippen LogP contribution in [0.4, 0.5) is 4.39 Å². The van der Waals surface area contributed by atoms with E-state index in [9.17, 15) is 14.0 Å². The number of carboxylic acids is 1. The lowest BCUT2D eigenvalue weighted by molar-refractivity contribution is 0.0696. The minimum absolute atomic E-state index is 0.00402. The van der Waals surface area contributed by atoms with Crippen LogP contribution in [-0.2, 0) is 0 Å². The van der Waals surface area contributed by atoms with Gasteiger partial charge in [-0.2, -0.15) is 5.10 Å².